The molecule has 1 saturated carbocycles. The Balaban J connectivity index is 2.30. The molecule has 0 aliphatic heterocycles. The zero-order valence-corrected chi connectivity index (χ0v) is 15.4. The number of halogens is 1. The minimum Gasteiger partial charge on any atom is -0.310 e. The SMILES string of the molecule is CCCNC(c1cc(C)ccc1Br)C1CCCCC1CC. The Kier molecular flexibility index (Phi) is 6.75. The van der Waals surface area contributed by atoms with Crippen LogP contribution in [-0.4, -0.2) is 6.54 Å². The van der Waals surface area contributed by atoms with Crippen molar-refractivity contribution in [1.29, 1.82) is 0 Å². The van der Waals surface area contributed by atoms with E-state index in [1.54, 1.807) is 0 Å². The molecule has 0 bridgehead atoms. The number of hydrogen-bond acceptors (Lipinski definition) is 1. The Labute approximate surface area is 139 Å². The molecular weight excluding hydrogens is 322 g/mol. The van der Waals surface area contributed by atoms with Gasteiger partial charge in [-0.25, -0.2) is 0 Å². The van der Waals surface area contributed by atoms with Crippen LogP contribution in [0.15, 0.2) is 22.7 Å². The van der Waals surface area contributed by atoms with Crippen LogP contribution in [0.3, 0.4) is 0 Å². The summed E-state index contributed by atoms with van der Waals surface area (Å²) in [4.78, 5) is 0. The van der Waals surface area contributed by atoms with Crippen LogP contribution < -0.4 is 5.32 Å². The van der Waals surface area contributed by atoms with Crippen LogP contribution in [0.5, 0.6) is 0 Å². The van der Waals surface area contributed by atoms with Crippen LogP contribution >= 0.6 is 15.9 Å². The first-order valence-corrected chi connectivity index (χ1v) is 9.46. The van der Waals surface area contributed by atoms with Gasteiger partial charge in [-0.3, -0.25) is 0 Å². The lowest BCUT2D eigenvalue weighted by Crippen LogP contribution is -2.35. The molecule has 21 heavy (non-hydrogen) atoms. The molecule has 1 aromatic rings. The predicted octanol–water partition coefficient (Wildman–Crippen LogP) is 6.01. The summed E-state index contributed by atoms with van der Waals surface area (Å²) in [5.41, 5.74) is 2.83. The highest BCUT2D eigenvalue weighted by Crippen LogP contribution is 2.42. The van der Waals surface area contributed by atoms with Gasteiger partial charge in [-0.05, 0) is 49.8 Å². The van der Waals surface area contributed by atoms with E-state index in [1.165, 1.54) is 54.1 Å². The molecule has 1 aromatic carbocycles. The van der Waals surface area contributed by atoms with Gasteiger partial charge in [0.05, 0.1) is 0 Å². The van der Waals surface area contributed by atoms with Gasteiger partial charge in [0.2, 0.25) is 0 Å². The Morgan fingerprint density at radius 2 is 2.00 bits per heavy atom. The zero-order chi connectivity index (χ0) is 15.2. The zero-order valence-electron chi connectivity index (χ0n) is 13.8. The third-order valence-electron chi connectivity index (χ3n) is 5.02. The van der Waals surface area contributed by atoms with Crippen LogP contribution in [0, 0.1) is 18.8 Å². The molecule has 0 heterocycles. The molecule has 2 heteroatoms. The first-order valence-electron chi connectivity index (χ1n) is 8.66. The van der Waals surface area contributed by atoms with E-state index >= 15 is 0 Å². The molecular formula is C19H30BrN. The lowest BCUT2D eigenvalue weighted by molar-refractivity contribution is 0.175. The van der Waals surface area contributed by atoms with Gasteiger partial charge in [-0.2, -0.15) is 0 Å². The van der Waals surface area contributed by atoms with Crippen LogP contribution in [-0.2, 0) is 0 Å². The normalized spacial score (nSPS) is 24.0. The summed E-state index contributed by atoms with van der Waals surface area (Å²) in [7, 11) is 0. The van der Waals surface area contributed by atoms with E-state index in [2.05, 4.69) is 60.2 Å². The Hall–Kier alpha value is -0.340. The molecule has 2 rings (SSSR count). The molecule has 3 unspecified atom stereocenters. The molecule has 1 nitrogen and oxygen atoms in total. The van der Waals surface area contributed by atoms with Crippen molar-refractivity contribution in [3.8, 4) is 0 Å². The highest BCUT2D eigenvalue weighted by atomic mass is 79.9. The van der Waals surface area contributed by atoms with E-state index in [0.29, 0.717) is 6.04 Å². The topological polar surface area (TPSA) is 12.0 Å². The maximum Gasteiger partial charge on any atom is 0.0362 e. The molecule has 118 valence electrons. The summed E-state index contributed by atoms with van der Waals surface area (Å²) >= 11 is 3.79. The van der Waals surface area contributed by atoms with Gasteiger partial charge in [0.1, 0.15) is 0 Å². The number of nitrogens with one attached hydrogen (secondary N) is 1. The second kappa shape index (κ2) is 8.33. The summed E-state index contributed by atoms with van der Waals surface area (Å²) < 4.78 is 1.27. The fourth-order valence-corrected chi connectivity index (χ4v) is 4.37. The van der Waals surface area contributed by atoms with Crippen molar-refractivity contribution in [3.05, 3.63) is 33.8 Å². The van der Waals surface area contributed by atoms with Gasteiger partial charge in [-0.1, -0.05) is 73.2 Å². The molecule has 3 atom stereocenters. The Morgan fingerprint density at radius 1 is 1.24 bits per heavy atom. The van der Waals surface area contributed by atoms with E-state index in [1.807, 2.05) is 0 Å². The van der Waals surface area contributed by atoms with Crippen molar-refractivity contribution in [1.82, 2.24) is 5.32 Å². The molecule has 0 saturated heterocycles. The highest BCUT2D eigenvalue weighted by Gasteiger charge is 2.32. The van der Waals surface area contributed by atoms with E-state index in [4.69, 9.17) is 0 Å². The smallest absolute Gasteiger partial charge is 0.0362 e. The highest BCUT2D eigenvalue weighted by molar-refractivity contribution is 9.10. The summed E-state index contributed by atoms with van der Waals surface area (Å²) in [5, 5.41) is 3.86. The van der Waals surface area contributed by atoms with Crippen molar-refractivity contribution in [2.75, 3.05) is 6.54 Å². The lowest BCUT2D eigenvalue weighted by Gasteiger charge is -2.38. The third kappa shape index (κ3) is 4.32. The lowest BCUT2D eigenvalue weighted by atomic mass is 9.72. The number of hydrogen-bond donors (Lipinski definition) is 1. The summed E-state index contributed by atoms with van der Waals surface area (Å²) in [6, 6.07) is 7.29. The number of rotatable bonds is 6. The summed E-state index contributed by atoms with van der Waals surface area (Å²) in [5.74, 6) is 1.66. The van der Waals surface area contributed by atoms with Crippen molar-refractivity contribution in [3.63, 3.8) is 0 Å². The maximum atomic E-state index is 3.86. The van der Waals surface area contributed by atoms with Crippen molar-refractivity contribution in [2.24, 2.45) is 11.8 Å². The van der Waals surface area contributed by atoms with E-state index in [-0.39, 0.29) is 0 Å². The van der Waals surface area contributed by atoms with Crippen molar-refractivity contribution >= 4 is 15.9 Å². The predicted molar refractivity (Wildman–Crippen MR) is 95.7 cm³/mol. The molecule has 0 radical (unpaired) electrons. The number of benzene rings is 1. The van der Waals surface area contributed by atoms with Gasteiger partial charge in [0.15, 0.2) is 0 Å². The van der Waals surface area contributed by atoms with Crippen LogP contribution in [0.1, 0.15) is 69.5 Å². The van der Waals surface area contributed by atoms with Gasteiger partial charge < -0.3 is 5.32 Å². The fourth-order valence-electron chi connectivity index (χ4n) is 3.88. The minimum absolute atomic E-state index is 0.504. The third-order valence-corrected chi connectivity index (χ3v) is 5.74. The van der Waals surface area contributed by atoms with E-state index in [9.17, 15) is 0 Å². The molecule has 0 aromatic heterocycles. The minimum atomic E-state index is 0.504. The largest absolute Gasteiger partial charge is 0.310 e. The first kappa shape index (κ1) is 17.0. The standard InChI is InChI=1S/C19H30BrN/c1-4-12-21-19(16-9-7-6-8-15(16)5-2)17-13-14(3)10-11-18(17)20/h10-11,13,15-16,19,21H,4-9,12H2,1-3H3. The van der Waals surface area contributed by atoms with Gasteiger partial charge >= 0.3 is 0 Å². The average molecular weight is 352 g/mol. The molecule has 1 fully saturated rings. The Morgan fingerprint density at radius 3 is 2.71 bits per heavy atom. The summed E-state index contributed by atoms with van der Waals surface area (Å²) in [6.07, 6.45) is 8.12. The fraction of sp³-hybridized carbons (Fsp3) is 0.684. The van der Waals surface area contributed by atoms with Crippen molar-refractivity contribution in [2.45, 2.75) is 65.3 Å². The van der Waals surface area contributed by atoms with Crippen molar-refractivity contribution < 1.29 is 0 Å². The second-order valence-electron chi connectivity index (χ2n) is 6.57. The molecule has 0 amide bonds. The second-order valence-corrected chi connectivity index (χ2v) is 7.43. The quantitative estimate of drug-likeness (QED) is 0.661. The van der Waals surface area contributed by atoms with E-state index < -0.39 is 0 Å². The molecule has 1 aliphatic carbocycles. The maximum absolute atomic E-state index is 3.86. The van der Waals surface area contributed by atoms with Crippen LogP contribution in [0.2, 0.25) is 0 Å². The summed E-state index contributed by atoms with van der Waals surface area (Å²) in [6.45, 7) is 7.93. The Bertz CT molecular complexity index is 443. The van der Waals surface area contributed by atoms with Crippen LogP contribution in [0.4, 0.5) is 0 Å². The number of aryl methyl sites for hydroxylation is 1. The van der Waals surface area contributed by atoms with Gasteiger partial charge in [-0.15, -0.1) is 0 Å². The molecule has 1 N–H and O–H groups in total. The average Bonchev–Trinajstić information content (AvgIpc) is 2.51. The van der Waals surface area contributed by atoms with Crippen LogP contribution in [0.25, 0.3) is 0 Å². The molecule has 0 spiro atoms. The molecule has 1 aliphatic rings. The first-order chi connectivity index (χ1) is 10.2. The monoisotopic (exact) mass is 351 g/mol. The van der Waals surface area contributed by atoms with E-state index in [0.717, 1.165) is 18.4 Å². The van der Waals surface area contributed by atoms with Gasteiger partial charge in [0, 0.05) is 10.5 Å². The van der Waals surface area contributed by atoms with Gasteiger partial charge in [0.25, 0.3) is 0 Å².